The Balaban J connectivity index is 0. The van der Waals surface area contributed by atoms with E-state index in [9.17, 15) is 38.0 Å². The SMILES string of the molecule is CC(CCC(=O)O)NC(=O)NCCCCCNC(=O)c1ccc([18F])cc1.O=C(O)CCC(NC(=O)NCCCCCNC(=O)c1ccc([125I])cc1)C(=O)O.O=C=O.O=C=O. The van der Waals surface area contributed by atoms with E-state index in [1.165, 1.54) is 24.3 Å². The van der Waals surface area contributed by atoms with Gasteiger partial charge in [0.2, 0.25) is 0 Å². The molecule has 2 aromatic rings. The van der Waals surface area contributed by atoms with Crippen molar-refractivity contribution in [1.29, 1.82) is 0 Å². The molecule has 6 amide bonds. The summed E-state index contributed by atoms with van der Waals surface area (Å²) in [7, 11) is 0. The molecule has 0 bridgehead atoms. The summed E-state index contributed by atoms with van der Waals surface area (Å²) in [5.41, 5.74) is 1.02. The molecule has 0 saturated carbocycles. The first-order chi connectivity index (χ1) is 28.5. The first-order valence-corrected chi connectivity index (χ1v) is 19.4. The number of carbonyl (C=O) groups excluding carboxylic acids is 8. The van der Waals surface area contributed by atoms with Crippen LogP contribution in [-0.4, -0.2) is 108 Å². The second-order valence-electron chi connectivity index (χ2n) is 12.3. The molecule has 22 heteroatoms. The fraction of sp³-hybridized carbons (Fsp3) is 0.447. The number of unbranched alkanes of at least 4 members (excludes halogenated alkanes) is 4. The van der Waals surface area contributed by atoms with E-state index in [0.717, 1.165) is 35.7 Å². The molecule has 2 rings (SSSR count). The van der Waals surface area contributed by atoms with Crippen LogP contribution < -0.4 is 31.9 Å². The van der Waals surface area contributed by atoms with Crippen LogP contribution in [0, 0.1) is 9.39 Å². The Morgan fingerprint density at radius 3 is 1.35 bits per heavy atom. The molecule has 9 N–H and O–H groups in total. The average molecular weight is 958 g/mol. The number of benzene rings is 2. The predicted octanol–water partition coefficient (Wildman–Crippen LogP) is 2.92. The molecule has 330 valence electrons. The molecular formula is C38H50FIN6O14. The number of rotatable bonds is 23. The summed E-state index contributed by atoms with van der Waals surface area (Å²) < 4.78 is 13.8. The quantitative estimate of drug-likeness (QED) is 0.0572. The number of aliphatic carboxylic acids is 3. The third-order valence-electron chi connectivity index (χ3n) is 7.48. The Bertz CT molecular complexity index is 1680. The summed E-state index contributed by atoms with van der Waals surface area (Å²) in [5.74, 6) is -4.03. The second-order valence-corrected chi connectivity index (χ2v) is 13.5. The molecule has 2 unspecified atom stereocenters. The monoisotopic (exact) mass is 957 g/mol. The lowest BCUT2D eigenvalue weighted by atomic mass is 10.1. The van der Waals surface area contributed by atoms with Crippen molar-refractivity contribution in [3.8, 4) is 0 Å². The van der Waals surface area contributed by atoms with Gasteiger partial charge in [-0.25, -0.2) is 18.8 Å². The van der Waals surface area contributed by atoms with Gasteiger partial charge < -0.3 is 47.2 Å². The van der Waals surface area contributed by atoms with Gasteiger partial charge in [0.05, 0.1) is 0 Å². The van der Waals surface area contributed by atoms with Crippen molar-refractivity contribution in [2.45, 2.75) is 83.2 Å². The fourth-order valence-electron chi connectivity index (χ4n) is 4.49. The summed E-state index contributed by atoms with van der Waals surface area (Å²) >= 11 is 2.17. The largest absolute Gasteiger partial charge is 0.481 e. The summed E-state index contributed by atoms with van der Waals surface area (Å²) in [6, 6.07) is 10.2. The van der Waals surface area contributed by atoms with Crippen LogP contribution in [0.3, 0.4) is 0 Å². The Labute approximate surface area is 358 Å². The summed E-state index contributed by atoms with van der Waals surface area (Å²) in [4.78, 5) is 111. The fourth-order valence-corrected chi connectivity index (χ4v) is 4.85. The Morgan fingerprint density at radius 2 is 0.950 bits per heavy atom. The maximum Gasteiger partial charge on any atom is 0.373 e. The van der Waals surface area contributed by atoms with E-state index in [1.54, 1.807) is 19.1 Å². The number of carboxylic acid groups (broad SMARTS) is 3. The molecule has 2 atom stereocenters. The highest BCUT2D eigenvalue weighted by Gasteiger charge is 2.20. The number of carbonyl (C=O) groups is 7. The van der Waals surface area contributed by atoms with Gasteiger partial charge in [0, 0.05) is 59.8 Å². The maximum atomic E-state index is 12.8. The Hall–Kier alpha value is -6.25. The summed E-state index contributed by atoms with van der Waals surface area (Å²) in [5, 5.41) is 41.9. The van der Waals surface area contributed by atoms with Gasteiger partial charge in [0.25, 0.3) is 11.8 Å². The van der Waals surface area contributed by atoms with Crippen LogP contribution in [0.5, 0.6) is 0 Å². The molecule has 0 aromatic heterocycles. The normalized spacial score (nSPS) is 10.5. The predicted molar refractivity (Wildman–Crippen MR) is 216 cm³/mol. The van der Waals surface area contributed by atoms with Gasteiger partial charge in [-0.05, 0) is 129 Å². The van der Waals surface area contributed by atoms with Crippen LogP contribution in [0.15, 0.2) is 48.5 Å². The van der Waals surface area contributed by atoms with Gasteiger partial charge in [0.1, 0.15) is 11.9 Å². The van der Waals surface area contributed by atoms with E-state index in [0.29, 0.717) is 50.1 Å². The Morgan fingerprint density at radius 1 is 0.583 bits per heavy atom. The number of hydrogen-bond acceptors (Lipinski definition) is 11. The van der Waals surface area contributed by atoms with E-state index in [-0.39, 0.29) is 61.3 Å². The van der Waals surface area contributed by atoms with Crippen molar-refractivity contribution in [3.05, 3.63) is 69.0 Å². The molecule has 0 heterocycles. The summed E-state index contributed by atoms with van der Waals surface area (Å²) in [6.45, 7) is 3.64. The lowest BCUT2D eigenvalue weighted by Gasteiger charge is -2.14. The van der Waals surface area contributed by atoms with E-state index in [4.69, 9.17) is 34.5 Å². The van der Waals surface area contributed by atoms with Gasteiger partial charge in [-0.15, -0.1) is 0 Å². The zero-order chi connectivity index (χ0) is 45.7. The third kappa shape index (κ3) is 32.8. The highest BCUT2D eigenvalue weighted by molar-refractivity contribution is 14.1. The minimum Gasteiger partial charge on any atom is -0.481 e. The number of halogens is 2. The molecule has 0 spiro atoms. The van der Waals surface area contributed by atoms with E-state index in [1.807, 2.05) is 12.1 Å². The lowest BCUT2D eigenvalue weighted by molar-refractivity contribution is -0.193. The first kappa shape index (κ1) is 55.8. The molecule has 0 saturated heterocycles. The van der Waals surface area contributed by atoms with Crippen LogP contribution in [0.4, 0.5) is 14.0 Å². The number of nitrogens with one attached hydrogen (secondary N) is 6. The van der Waals surface area contributed by atoms with Gasteiger partial charge in [-0.2, -0.15) is 19.2 Å². The molecule has 2 aromatic carbocycles. The highest BCUT2D eigenvalue weighted by Crippen LogP contribution is 2.07. The minimum absolute atomic E-state index is 0.0189. The molecule has 0 aliphatic heterocycles. The van der Waals surface area contributed by atoms with Crippen LogP contribution in [0.1, 0.15) is 91.8 Å². The lowest BCUT2D eigenvalue weighted by Crippen LogP contribution is -2.46. The standard InChI is InChI=1S/C18H26FN3O4.C18H24IN3O6.2CO2/c1-13(5-10-16(23)24)22-18(26)21-12-4-2-3-11-20-17(25)14-6-8-15(19)9-7-14;19-13-6-4-12(5-7-13)16(25)20-10-2-1-3-11-21-18(28)22-14(17(26)27)8-9-15(23)24;2*2-1-3/h6-9,13H,2-5,10-12H2,1H3,(H,20,25)(H,23,24)(H2,21,22,26);4-7,14H,1-3,8-11H2,(H,20,25)(H,23,24)(H,26,27)(H2,21,22,28);;/i19-1;19-2;;. The van der Waals surface area contributed by atoms with Crippen LogP contribution in [0.25, 0.3) is 0 Å². The second kappa shape index (κ2) is 35.9. The topological polar surface area (TPSA) is 321 Å². The van der Waals surface area contributed by atoms with Crippen molar-refractivity contribution < 1.29 is 72.4 Å². The van der Waals surface area contributed by atoms with Crippen LogP contribution >= 0.6 is 22.6 Å². The molecular weight excluding hydrogens is 907 g/mol. The number of hydrogen-bond donors (Lipinski definition) is 9. The maximum absolute atomic E-state index is 12.8. The molecule has 0 aliphatic rings. The van der Waals surface area contributed by atoms with Crippen LogP contribution in [-0.2, 0) is 33.6 Å². The average Bonchev–Trinajstić information content (AvgIpc) is 3.19. The van der Waals surface area contributed by atoms with Crippen LogP contribution in [0.2, 0.25) is 0 Å². The zero-order valence-electron chi connectivity index (χ0n) is 32.8. The smallest absolute Gasteiger partial charge is 0.373 e. The number of carboxylic acids is 3. The third-order valence-corrected chi connectivity index (χ3v) is 8.20. The molecule has 0 fully saturated rings. The Kier molecular flexibility index (Phi) is 33.4. The van der Waals surface area contributed by atoms with Crippen molar-refractivity contribution in [1.82, 2.24) is 31.9 Å². The van der Waals surface area contributed by atoms with Gasteiger partial charge in [-0.1, -0.05) is 0 Å². The van der Waals surface area contributed by atoms with Gasteiger partial charge in [-0.3, -0.25) is 19.2 Å². The highest BCUT2D eigenvalue weighted by atomic mass is 125. The van der Waals surface area contributed by atoms with Gasteiger partial charge in [0.15, 0.2) is 0 Å². The summed E-state index contributed by atoms with van der Waals surface area (Å²) in [6.07, 6.45) is 4.93. The van der Waals surface area contributed by atoms with Gasteiger partial charge >= 0.3 is 42.3 Å². The number of urea groups is 2. The van der Waals surface area contributed by atoms with Crippen molar-refractivity contribution >= 4 is 76.7 Å². The molecule has 60 heavy (non-hydrogen) atoms. The minimum atomic E-state index is -1.28. The number of amides is 6. The van der Waals surface area contributed by atoms with Crippen molar-refractivity contribution in [2.24, 2.45) is 0 Å². The van der Waals surface area contributed by atoms with Crippen molar-refractivity contribution in [3.63, 3.8) is 0 Å². The zero-order valence-corrected chi connectivity index (χ0v) is 34.9. The molecule has 20 nitrogen and oxygen atoms in total. The molecule has 0 radical (unpaired) electrons. The van der Waals surface area contributed by atoms with E-state index in [2.05, 4.69) is 54.5 Å². The first-order valence-electron chi connectivity index (χ1n) is 18.3. The van der Waals surface area contributed by atoms with E-state index < -0.39 is 30.0 Å². The van der Waals surface area contributed by atoms with Crippen molar-refractivity contribution in [2.75, 3.05) is 26.2 Å². The molecule has 0 aliphatic carbocycles. The van der Waals surface area contributed by atoms with E-state index >= 15 is 0 Å².